The van der Waals surface area contributed by atoms with Gasteiger partial charge in [-0.1, -0.05) is 6.07 Å². The predicted octanol–water partition coefficient (Wildman–Crippen LogP) is 1.76. The summed E-state index contributed by atoms with van der Waals surface area (Å²) in [7, 11) is 1.49. The SMILES string of the molecule is CCOC(=O)c1c(OC)ccc(C)c1N. The number of carbonyl (C=O) groups is 1. The van der Waals surface area contributed by atoms with E-state index in [0.29, 0.717) is 23.6 Å². The summed E-state index contributed by atoms with van der Waals surface area (Å²) in [5.41, 5.74) is 7.36. The Bertz CT molecular complexity index is 374. The largest absolute Gasteiger partial charge is 0.496 e. The average Bonchev–Trinajstić information content (AvgIpc) is 2.22. The minimum Gasteiger partial charge on any atom is -0.496 e. The highest BCUT2D eigenvalue weighted by molar-refractivity contribution is 5.98. The van der Waals surface area contributed by atoms with Gasteiger partial charge in [0.25, 0.3) is 0 Å². The number of nitrogen functional groups attached to an aromatic ring is 1. The van der Waals surface area contributed by atoms with Gasteiger partial charge in [-0.05, 0) is 25.5 Å². The van der Waals surface area contributed by atoms with Crippen molar-refractivity contribution in [3.8, 4) is 5.75 Å². The molecule has 0 atom stereocenters. The van der Waals surface area contributed by atoms with Crippen molar-refractivity contribution in [3.05, 3.63) is 23.3 Å². The minimum absolute atomic E-state index is 0.305. The van der Waals surface area contributed by atoms with Gasteiger partial charge in [-0.15, -0.1) is 0 Å². The molecule has 1 aromatic rings. The van der Waals surface area contributed by atoms with Crippen molar-refractivity contribution in [2.24, 2.45) is 0 Å². The molecule has 0 amide bonds. The number of carbonyl (C=O) groups excluding carboxylic acids is 1. The van der Waals surface area contributed by atoms with Gasteiger partial charge in [0, 0.05) is 0 Å². The quantitative estimate of drug-likeness (QED) is 0.608. The van der Waals surface area contributed by atoms with Crippen molar-refractivity contribution >= 4 is 11.7 Å². The molecule has 0 aliphatic carbocycles. The van der Waals surface area contributed by atoms with Gasteiger partial charge in [-0.3, -0.25) is 0 Å². The number of aryl methyl sites for hydroxylation is 1. The Morgan fingerprint density at radius 2 is 2.13 bits per heavy atom. The van der Waals surface area contributed by atoms with Gasteiger partial charge >= 0.3 is 5.97 Å². The number of hydrogen-bond acceptors (Lipinski definition) is 4. The Kier molecular flexibility index (Phi) is 3.55. The van der Waals surface area contributed by atoms with Crippen molar-refractivity contribution < 1.29 is 14.3 Å². The maximum absolute atomic E-state index is 11.6. The second-order valence-electron chi connectivity index (χ2n) is 3.09. The molecule has 0 spiro atoms. The number of hydrogen-bond donors (Lipinski definition) is 1. The van der Waals surface area contributed by atoms with Crippen LogP contribution in [0.3, 0.4) is 0 Å². The molecular weight excluding hydrogens is 194 g/mol. The molecule has 0 heterocycles. The van der Waals surface area contributed by atoms with Gasteiger partial charge in [0.2, 0.25) is 0 Å². The van der Waals surface area contributed by atoms with Crippen LogP contribution in [0.2, 0.25) is 0 Å². The summed E-state index contributed by atoms with van der Waals surface area (Å²) in [5.74, 6) is -0.00731. The number of anilines is 1. The fourth-order valence-corrected chi connectivity index (χ4v) is 1.29. The summed E-state index contributed by atoms with van der Waals surface area (Å²) in [4.78, 5) is 11.6. The van der Waals surface area contributed by atoms with E-state index in [9.17, 15) is 4.79 Å². The summed E-state index contributed by atoms with van der Waals surface area (Å²) >= 11 is 0. The predicted molar refractivity (Wildman–Crippen MR) is 58.1 cm³/mol. The van der Waals surface area contributed by atoms with Crippen LogP contribution in [0.25, 0.3) is 0 Å². The molecule has 2 N–H and O–H groups in total. The lowest BCUT2D eigenvalue weighted by atomic mass is 10.1. The second-order valence-corrected chi connectivity index (χ2v) is 3.09. The van der Waals surface area contributed by atoms with E-state index < -0.39 is 5.97 Å². The first-order valence-corrected chi connectivity index (χ1v) is 4.72. The van der Waals surface area contributed by atoms with E-state index in [2.05, 4.69) is 0 Å². The van der Waals surface area contributed by atoms with Gasteiger partial charge in [-0.25, -0.2) is 4.79 Å². The van der Waals surface area contributed by atoms with Crippen LogP contribution < -0.4 is 10.5 Å². The fraction of sp³-hybridized carbons (Fsp3) is 0.364. The number of methoxy groups -OCH3 is 1. The first kappa shape index (κ1) is 11.4. The maximum Gasteiger partial charge on any atom is 0.344 e. The normalized spacial score (nSPS) is 9.80. The van der Waals surface area contributed by atoms with Crippen molar-refractivity contribution in [2.45, 2.75) is 13.8 Å². The average molecular weight is 209 g/mol. The molecule has 0 radical (unpaired) electrons. The third kappa shape index (κ3) is 2.21. The van der Waals surface area contributed by atoms with Crippen LogP contribution in [0.4, 0.5) is 5.69 Å². The van der Waals surface area contributed by atoms with Gasteiger partial charge in [0.1, 0.15) is 11.3 Å². The van der Waals surface area contributed by atoms with Crippen LogP contribution in [0.15, 0.2) is 12.1 Å². The number of esters is 1. The van der Waals surface area contributed by atoms with Gasteiger partial charge < -0.3 is 15.2 Å². The molecule has 0 aromatic heterocycles. The van der Waals surface area contributed by atoms with Crippen LogP contribution in [-0.2, 0) is 4.74 Å². The van der Waals surface area contributed by atoms with Crippen LogP contribution in [0.1, 0.15) is 22.8 Å². The molecule has 1 aromatic carbocycles. The molecule has 4 heteroatoms. The lowest BCUT2D eigenvalue weighted by molar-refractivity contribution is 0.0524. The highest BCUT2D eigenvalue weighted by Crippen LogP contribution is 2.27. The summed E-state index contributed by atoms with van der Waals surface area (Å²) in [6.07, 6.45) is 0. The van der Waals surface area contributed by atoms with E-state index in [1.165, 1.54) is 7.11 Å². The van der Waals surface area contributed by atoms with Crippen molar-refractivity contribution in [2.75, 3.05) is 19.5 Å². The Hall–Kier alpha value is -1.71. The van der Waals surface area contributed by atoms with Gasteiger partial charge in [0.05, 0.1) is 19.4 Å². The van der Waals surface area contributed by atoms with E-state index in [-0.39, 0.29) is 0 Å². The first-order chi connectivity index (χ1) is 7.11. The molecule has 0 aliphatic heterocycles. The standard InChI is InChI=1S/C11H15NO3/c1-4-15-11(13)9-8(14-3)6-5-7(2)10(9)12/h5-6H,4,12H2,1-3H3. The third-order valence-corrected chi connectivity index (χ3v) is 2.12. The number of rotatable bonds is 3. The van der Waals surface area contributed by atoms with Crippen molar-refractivity contribution in [3.63, 3.8) is 0 Å². The summed E-state index contributed by atoms with van der Waals surface area (Å²) in [6, 6.07) is 3.51. The Morgan fingerprint density at radius 3 is 2.67 bits per heavy atom. The van der Waals surface area contributed by atoms with E-state index in [1.54, 1.807) is 19.1 Å². The summed E-state index contributed by atoms with van der Waals surface area (Å²) < 4.78 is 9.98. The van der Waals surface area contributed by atoms with E-state index in [4.69, 9.17) is 15.2 Å². The molecule has 4 nitrogen and oxygen atoms in total. The molecule has 0 saturated carbocycles. The minimum atomic E-state index is -0.449. The topological polar surface area (TPSA) is 61.5 Å². The highest BCUT2D eigenvalue weighted by Gasteiger charge is 2.18. The lowest BCUT2D eigenvalue weighted by Crippen LogP contribution is -2.11. The molecule has 1 rings (SSSR count). The lowest BCUT2D eigenvalue weighted by Gasteiger charge is -2.11. The van der Waals surface area contributed by atoms with E-state index in [1.807, 2.05) is 6.92 Å². The zero-order valence-electron chi connectivity index (χ0n) is 9.16. The second kappa shape index (κ2) is 4.68. The Balaban J connectivity index is 3.23. The fourth-order valence-electron chi connectivity index (χ4n) is 1.29. The number of ether oxygens (including phenoxy) is 2. The van der Waals surface area contributed by atoms with Crippen molar-refractivity contribution in [1.29, 1.82) is 0 Å². The molecule has 15 heavy (non-hydrogen) atoms. The highest BCUT2D eigenvalue weighted by atomic mass is 16.5. The molecule has 0 aliphatic rings. The Labute approximate surface area is 89.0 Å². The Morgan fingerprint density at radius 1 is 1.47 bits per heavy atom. The zero-order chi connectivity index (χ0) is 11.4. The van der Waals surface area contributed by atoms with E-state index in [0.717, 1.165) is 5.56 Å². The molecule has 0 fully saturated rings. The van der Waals surface area contributed by atoms with Crippen LogP contribution in [-0.4, -0.2) is 19.7 Å². The van der Waals surface area contributed by atoms with Gasteiger partial charge in [0.15, 0.2) is 0 Å². The first-order valence-electron chi connectivity index (χ1n) is 4.72. The molecule has 82 valence electrons. The van der Waals surface area contributed by atoms with Crippen molar-refractivity contribution in [1.82, 2.24) is 0 Å². The summed E-state index contributed by atoms with van der Waals surface area (Å²) in [6.45, 7) is 3.89. The van der Waals surface area contributed by atoms with Crippen LogP contribution in [0, 0.1) is 6.92 Å². The zero-order valence-corrected chi connectivity index (χ0v) is 9.16. The molecule has 0 bridgehead atoms. The monoisotopic (exact) mass is 209 g/mol. The van der Waals surface area contributed by atoms with E-state index >= 15 is 0 Å². The molecule has 0 unspecified atom stereocenters. The maximum atomic E-state index is 11.6. The number of nitrogens with two attached hydrogens (primary N) is 1. The smallest absolute Gasteiger partial charge is 0.344 e. The number of benzene rings is 1. The van der Waals surface area contributed by atoms with Crippen LogP contribution >= 0.6 is 0 Å². The van der Waals surface area contributed by atoms with Gasteiger partial charge in [-0.2, -0.15) is 0 Å². The molecular formula is C11H15NO3. The van der Waals surface area contributed by atoms with Crippen LogP contribution in [0.5, 0.6) is 5.75 Å². The molecule has 0 saturated heterocycles. The summed E-state index contributed by atoms with van der Waals surface area (Å²) in [5, 5.41) is 0. The third-order valence-electron chi connectivity index (χ3n) is 2.12.